The molecule has 1 N–H and O–H groups in total. The Morgan fingerprint density at radius 2 is 1.89 bits per heavy atom. The normalized spacial score (nSPS) is 10.7. The average molecular weight is 259 g/mol. The summed E-state index contributed by atoms with van der Waals surface area (Å²) in [4.78, 5) is 4.38. The maximum absolute atomic E-state index is 6.03. The molecule has 0 bridgehead atoms. The van der Waals surface area contributed by atoms with E-state index in [4.69, 9.17) is 16.0 Å². The second kappa shape index (κ2) is 4.70. The number of hydrogen-bond donors (Lipinski definition) is 1. The number of benzene rings is 2. The van der Waals surface area contributed by atoms with Gasteiger partial charge in [-0.3, -0.25) is 0 Å². The number of para-hydroxylation sites is 2. The molecule has 0 aliphatic rings. The van der Waals surface area contributed by atoms with Crippen molar-refractivity contribution in [3.63, 3.8) is 0 Å². The second-order valence-electron chi connectivity index (χ2n) is 3.92. The number of nitrogens with one attached hydrogen (secondary N) is 1. The minimum absolute atomic E-state index is 0.537. The Balaban J connectivity index is 1.81. The van der Waals surface area contributed by atoms with Crippen LogP contribution in [0.1, 0.15) is 5.89 Å². The van der Waals surface area contributed by atoms with Crippen molar-refractivity contribution in [2.24, 2.45) is 0 Å². The van der Waals surface area contributed by atoms with Gasteiger partial charge in [0.2, 0.25) is 5.89 Å². The van der Waals surface area contributed by atoms with Crippen LogP contribution in [0, 0.1) is 0 Å². The van der Waals surface area contributed by atoms with Crippen LogP contribution in [0.5, 0.6) is 0 Å². The van der Waals surface area contributed by atoms with Crippen molar-refractivity contribution in [1.29, 1.82) is 0 Å². The number of nitrogens with zero attached hydrogens (tertiary/aromatic N) is 1. The lowest BCUT2D eigenvalue weighted by molar-refractivity contribution is 0.540. The summed E-state index contributed by atoms with van der Waals surface area (Å²) in [5.41, 5.74) is 2.46. The van der Waals surface area contributed by atoms with E-state index in [1.54, 1.807) is 6.07 Å². The van der Waals surface area contributed by atoms with Crippen LogP contribution in [0.15, 0.2) is 52.9 Å². The van der Waals surface area contributed by atoms with Gasteiger partial charge in [0, 0.05) is 5.69 Å². The minimum atomic E-state index is 0.537. The van der Waals surface area contributed by atoms with Crippen molar-refractivity contribution < 1.29 is 4.42 Å². The summed E-state index contributed by atoms with van der Waals surface area (Å²) in [7, 11) is 0. The molecule has 18 heavy (non-hydrogen) atoms. The standard InChI is InChI=1S/C14H11ClN2O/c15-11-7-4-8-12-14(11)18-13(17-12)9-16-10-5-2-1-3-6-10/h1-8,16H,9H2. The maximum atomic E-state index is 6.03. The van der Waals surface area contributed by atoms with Crippen LogP contribution in [0.3, 0.4) is 0 Å². The van der Waals surface area contributed by atoms with E-state index >= 15 is 0 Å². The third-order valence-corrected chi connectivity index (χ3v) is 2.93. The van der Waals surface area contributed by atoms with E-state index < -0.39 is 0 Å². The van der Waals surface area contributed by atoms with Crippen molar-refractivity contribution >= 4 is 28.4 Å². The molecular formula is C14H11ClN2O. The molecule has 0 atom stereocenters. The molecule has 0 amide bonds. The Morgan fingerprint density at radius 1 is 1.06 bits per heavy atom. The van der Waals surface area contributed by atoms with Crippen LogP contribution in [0.4, 0.5) is 5.69 Å². The predicted octanol–water partition coefficient (Wildman–Crippen LogP) is 4.09. The molecule has 0 unspecified atom stereocenters. The lowest BCUT2D eigenvalue weighted by atomic mass is 10.3. The number of oxazole rings is 1. The van der Waals surface area contributed by atoms with Crippen LogP contribution in [-0.4, -0.2) is 4.98 Å². The van der Waals surface area contributed by atoms with E-state index in [0.717, 1.165) is 11.2 Å². The van der Waals surface area contributed by atoms with Gasteiger partial charge >= 0.3 is 0 Å². The summed E-state index contributed by atoms with van der Waals surface area (Å²) in [5.74, 6) is 0.627. The fourth-order valence-electron chi connectivity index (χ4n) is 1.77. The van der Waals surface area contributed by atoms with Crippen molar-refractivity contribution in [3.8, 4) is 0 Å². The number of aromatic nitrogens is 1. The number of anilines is 1. The molecule has 0 aliphatic carbocycles. The van der Waals surface area contributed by atoms with Crippen molar-refractivity contribution in [2.45, 2.75) is 6.54 Å². The van der Waals surface area contributed by atoms with Gasteiger partial charge in [-0.1, -0.05) is 35.9 Å². The smallest absolute Gasteiger partial charge is 0.214 e. The number of hydrogen-bond acceptors (Lipinski definition) is 3. The fourth-order valence-corrected chi connectivity index (χ4v) is 1.98. The zero-order chi connectivity index (χ0) is 12.4. The Labute approximate surface area is 109 Å². The monoisotopic (exact) mass is 258 g/mol. The molecule has 3 nitrogen and oxygen atoms in total. The first-order valence-corrected chi connectivity index (χ1v) is 6.03. The number of fused-ring (bicyclic) bond motifs is 1. The summed E-state index contributed by atoms with van der Waals surface area (Å²) in [5, 5.41) is 3.83. The third kappa shape index (κ3) is 2.17. The van der Waals surface area contributed by atoms with Crippen LogP contribution in [0.25, 0.3) is 11.1 Å². The van der Waals surface area contributed by atoms with E-state index in [1.807, 2.05) is 42.5 Å². The number of halogens is 1. The van der Waals surface area contributed by atoms with Gasteiger partial charge < -0.3 is 9.73 Å². The number of rotatable bonds is 3. The zero-order valence-corrected chi connectivity index (χ0v) is 10.3. The van der Waals surface area contributed by atoms with E-state index in [1.165, 1.54) is 0 Å². The Bertz CT molecular complexity index is 664. The molecule has 4 heteroatoms. The van der Waals surface area contributed by atoms with E-state index in [2.05, 4.69) is 10.3 Å². The molecular weight excluding hydrogens is 248 g/mol. The summed E-state index contributed by atoms with van der Waals surface area (Å²) in [6, 6.07) is 15.5. The van der Waals surface area contributed by atoms with Crippen molar-refractivity contribution in [1.82, 2.24) is 4.98 Å². The molecule has 0 saturated carbocycles. The zero-order valence-electron chi connectivity index (χ0n) is 9.56. The summed E-state index contributed by atoms with van der Waals surface area (Å²) >= 11 is 6.03. The largest absolute Gasteiger partial charge is 0.437 e. The molecule has 0 saturated heterocycles. The molecule has 2 aromatic carbocycles. The van der Waals surface area contributed by atoms with Crippen LogP contribution in [0.2, 0.25) is 5.02 Å². The highest BCUT2D eigenvalue weighted by Crippen LogP contribution is 2.24. The van der Waals surface area contributed by atoms with Gasteiger partial charge in [-0.2, -0.15) is 0 Å². The van der Waals surface area contributed by atoms with Gasteiger partial charge in [0.05, 0.1) is 11.6 Å². The van der Waals surface area contributed by atoms with E-state index in [0.29, 0.717) is 23.0 Å². The SMILES string of the molecule is Clc1cccc2nc(CNc3ccccc3)oc12. The van der Waals surface area contributed by atoms with Crippen LogP contribution in [-0.2, 0) is 6.54 Å². The summed E-state index contributed by atoms with van der Waals surface area (Å²) in [6.45, 7) is 0.537. The first kappa shape index (κ1) is 11.1. The van der Waals surface area contributed by atoms with Crippen molar-refractivity contribution in [2.75, 3.05) is 5.32 Å². The first-order chi connectivity index (χ1) is 8.83. The molecule has 0 fully saturated rings. The first-order valence-electron chi connectivity index (χ1n) is 5.66. The molecule has 3 aromatic rings. The Morgan fingerprint density at radius 3 is 2.67 bits per heavy atom. The maximum Gasteiger partial charge on any atom is 0.214 e. The fraction of sp³-hybridized carbons (Fsp3) is 0.0714. The van der Waals surface area contributed by atoms with Gasteiger partial charge in [-0.15, -0.1) is 0 Å². The molecule has 1 heterocycles. The molecule has 0 radical (unpaired) electrons. The quantitative estimate of drug-likeness (QED) is 0.769. The van der Waals surface area contributed by atoms with Crippen LogP contribution < -0.4 is 5.32 Å². The van der Waals surface area contributed by atoms with Gasteiger partial charge in [0.1, 0.15) is 5.52 Å². The van der Waals surface area contributed by atoms with Crippen molar-refractivity contribution in [3.05, 3.63) is 59.4 Å². The van der Waals surface area contributed by atoms with E-state index in [9.17, 15) is 0 Å². The van der Waals surface area contributed by atoms with E-state index in [-0.39, 0.29) is 0 Å². The van der Waals surface area contributed by atoms with Crippen LogP contribution >= 0.6 is 11.6 Å². The average Bonchev–Trinajstić information content (AvgIpc) is 2.82. The molecule has 0 aliphatic heterocycles. The van der Waals surface area contributed by atoms with Gasteiger partial charge in [0.15, 0.2) is 5.58 Å². The highest BCUT2D eigenvalue weighted by Gasteiger charge is 2.07. The summed E-state index contributed by atoms with van der Waals surface area (Å²) in [6.07, 6.45) is 0. The predicted molar refractivity (Wildman–Crippen MR) is 72.8 cm³/mol. The molecule has 0 spiro atoms. The Hall–Kier alpha value is -2.00. The molecule has 3 rings (SSSR count). The highest BCUT2D eigenvalue weighted by atomic mass is 35.5. The second-order valence-corrected chi connectivity index (χ2v) is 4.32. The Kier molecular flexibility index (Phi) is 2.90. The topological polar surface area (TPSA) is 38.1 Å². The lowest BCUT2D eigenvalue weighted by Crippen LogP contribution is -1.98. The molecule has 90 valence electrons. The van der Waals surface area contributed by atoms with Gasteiger partial charge in [-0.05, 0) is 24.3 Å². The highest BCUT2D eigenvalue weighted by molar-refractivity contribution is 6.34. The minimum Gasteiger partial charge on any atom is -0.437 e. The molecule has 1 aromatic heterocycles. The summed E-state index contributed by atoms with van der Waals surface area (Å²) < 4.78 is 5.61. The lowest BCUT2D eigenvalue weighted by Gasteiger charge is -2.01. The van der Waals surface area contributed by atoms with Gasteiger partial charge in [0.25, 0.3) is 0 Å². The third-order valence-electron chi connectivity index (χ3n) is 2.63. The van der Waals surface area contributed by atoms with Gasteiger partial charge in [-0.25, -0.2) is 4.98 Å².